The zero-order chi connectivity index (χ0) is 10.0. The second kappa shape index (κ2) is 4.19. The van der Waals surface area contributed by atoms with Crippen LogP contribution in [-0.4, -0.2) is 37.2 Å². The third kappa shape index (κ3) is 1.96. The van der Waals surface area contributed by atoms with E-state index in [9.17, 15) is 0 Å². The molecule has 1 spiro atoms. The van der Waals surface area contributed by atoms with Crippen molar-refractivity contribution in [2.24, 2.45) is 5.41 Å². The van der Waals surface area contributed by atoms with Crippen molar-refractivity contribution in [3.05, 3.63) is 0 Å². The first kappa shape index (κ1) is 10.4. The number of hydrogen-bond donors (Lipinski definition) is 0. The van der Waals surface area contributed by atoms with Crippen LogP contribution in [-0.2, 0) is 4.74 Å². The van der Waals surface area contributed by atoms with Gasteiger partial charge in [-0.15, -0.1) is 0 Å². The standard InChI is InChI=1S/C12H23NO/c1-3-4-5-6-11(2)13-7-12(8-13)9-14-10-12/h11H,3-10H2,1-2H3. The molecule has 2 aliphatic heterocycles. The van der Waals surface area contributed by atoms with Crippen molar-refractivity contribution in [3.63, 3.8) is 0 Å². The van der Waals surface area contributed by atoms with Gasteiger partial charge in [0, 0.05) is 24.5 Å². The Morgan fingerprint density at radius 2 is 2.00 bits per heavy atom. The Balaban J connectivity index is 1.61. The van der Waals surface area contributed by atoms with Crippen LogP contribution in [0.1, 0.15) is 39.5 Å². The molecule has 0 radical (unpaired) electrons. The van der Waals surface area contributed by atoms with E-state index in [-0.39, 0.29) is 0 Å². The smallest absolute Gasteiger partial charge is 0.0569 e. The van der Waals surface area contributed by atoms with Crippen molar-refractivity contribution in [2.75, 3.05) is 26.3 Å². The fourth-order valence-corrected chi connectivity index (χ4v) is 2.57. The summed E-state index contributed by atoms with van der Waals surface area (Å²) in [5.74, 6) is 0. The Bertz CT molecular complexity index is 181. The molecule has 1 atom stereocenters. The van der Waals surface area contributed by atoms with Gasteiger partial charge in [0.15, 0.2) is 0 Å². The molecule has 82 valence electrons. The summed E-state index contributed by atoms with van der Waals surface area (Å²) in [5.41, 5.74) is 0.596. The third-order valence-electron chi connectivity index (χ3n) is 3.74. The van der Waals surface area contributed by atoms with Crippen molar-refractivity contribution in [1.82, 2.24) is 4.90 Å². The predicted octanol–water partition coefficient (Wildman–Crippen LogP) is 2.29. The highest BCUT2D eigenvalue weighted by atomic mass is 16.5. The second-order valence-electron chi connectivity index (χ2n) is 5.24. The predicted molar refractivity (Wildman–Crippen MR) is 58.4 cm³/mol. The molecule has 0 aromatic carbocycles. The molecule has 0 amide bonds. The molecule has 14 heavy (non-hydrogen) atoms. The number of hydrogen-bond acceptors (Lipinski definition) is 2. The molecule has 0 aromatic rings. The van der Waals surface area contributed by atoms with Crippen molar-refractivity contribution < 1.29 is 4.74 Å². The van der Waals surface area contributed by atoms with Crippen LogP contribution in [0.3, 0.4) is 0 Å². The molecule has 2 rings (SSSR count). The van der Waals surface area contributed by atoms with Gasteiger partial charge in [0.25, 0.3) is 0 Å². The summed E-state index contributed by atoms with van der Waals surface area (Å²) in [6, 6.07) is 0.799. The van der Waals surface area contributed by atoms with E-state index in [0.717, 1.165) is 19.3 Å². The van der Waals surface area contributed by atoms with Gasteiger partial charge in [0.1, 0.15) is 0 Å². The van der Waals surface area contributed by atoms with Crippen molar-refractivity contribution in [1.29, 1.82) is 0 Å². The van der Waals surface area contributed by atoms with Crippen LogP contribution in [0.15, 0.2) is 0 Å². The van der Waals surface area contributed by atoms with Crippen LogP contribution in [0.2, 0.25) is 0 Å². The summed E-state index contributed by atoms with van der Waals surface area (Å²) in [6.45, 7) is 9.27. The minimum Gasteiger partial charge on any atom is -0.380 e. The highest BCUT2D eigenvalue weighted by Gasteiger charge is 2.49. The summed E-state index contributed by atoms with van der Waals surface area (Å²) in [6.07, 6.45) is 5.51. The quantitative estimate of drug-likeness (QED) is 0.627. The lowest BCUT2D eigenvalue weighted by Gasteiger charge is -2.57. The van der Waals surface area contributed by atoms with Gasteiger partial charge in [0.05, 0.1) is 13.2 Å². The molecule has 2 nitrogen and oxygen atoms in total. The van der Waals surface area contributed by atoms with Crippen molar-refractivity contribution in [2.45, 2.75) is 45.6 Å². The number of unbranched alkanes of at least 4 members (excludes halogenated alkanes) is 2. The van der Waals surface area contributed by atoms with Crippen molar-refractivity contribution >= 4 is 0 Å². The van der Waals surface area contributed by atoms with Crippen LogP contribution < -0.4 is 0 Å². The normalized spacial score (nSPS) is 27.0. The van der Waals surface area contributed by atoms with Gasteiger partial charge in [-0.05, 0) is 13.3 Å². The molecule has 2 fully saturated rings. The average molecular weight is 197 g/mol. The summed E-state index contributed by atoms with van der Waals surface area (Å²) < 4.78 is 5.28. The van der Waals surface area contributed by atoms with E-state index < -0.39 is 0 Å². The van der Waals surface area contributed by atoms with Crippen LogP contribution >= 0.6 is 0 Å². The second-order valence-corrected chi connectivity index (χ2v) is 5.24. The fourth-order valence-electron chi connectivity index (χ4n) is 2.57. The molecule has 0 bridgehead atoms. The zero-order valence-electron chi connectivity index (χ0n) is 9.59. The molecular formula is C12H23NO. The van der Waals surface area contributed by atoms with E-state index in [1.807, 2.05) is 0 Å². The zero-order valence-corrected chi connectivity index (χ0v) is 9.59. The van der Waals surface area contributed by atoms with E-state index >= 15 is 0 Å². The molecule has 1 unspecified atom stereocenters. The van der Waals surface area contributed by atoms with E-state index in [2.05, 4.69) is 18.7 Å². The SMILES string of the molecule is CCCCCC(C)N1CC2(COC2)C1. The van der Waals surface area contributed by atoms with Gasteiger partial charge in [-0.1, -0.05) is 26.2 Å². The third-order valence-corrected chi connectivity index (χ3v) is 3.74. The first-order valence-electron chi connectivity index (χ1n) is 6.07. The number of likely N-dealkylation sites (tertiary alicyclic amines) is 1. The van der Waals surface area contributed by atoms with Crippen LogP contribution in [0.5, 0.6) is 0 Å². The fraction of sp³-hybridized carbons (Fsp3) is 1.00. The maximum Gasteiger partial charge on any atom is 0.0569 e. The Kier molecular flexibility index (Phi) is 3.13. The molecular weight excluding hydrogens is 174 g/mol. The van der Waals surface area contributed by atoms with Crippen LogP contribution in [0.25, 0.3) is 0 Å². The molecule has 0 aliphatic carbocycles. The topological polar surface area (TPSA) is 12.5 Å². The van der Waals surface area contributed by atoms with Crippen LogP contribution in [0, 0.1) is 5.41 Å². The minimum atomic E-state index is 0.596. The maximum absolute atomic E-state index is 5.28. The Hall–Kier alpha value is -0.0800. The minimum absolute atomic E-state index is 0.596. The molecule has 0 N–H and O–H groups in total. The molecule has 2 saturated heterocycles. The lowest BCUT2D eigenvalue weighted by atomic mass is 9.77. The molecule has 2 heterocycles. The number of nitrogens with zero attached hydrogens (tertiary/aromatic N) is 1. The highest BCUT2D eigenvalue weighted by Crippen LogP contribution is 2.39. The van der Waals surface area contributed by atoms with E-state index in [4.69, 9.17) is 4.74 Å². The lowest BCUT2D eigenvalue weighted by molar-refractivity contribution is -0.197. The molecule has 2 heteroatoms. The number of ether oxygens (including phenoxy) is 1. The average Bonchev–Trinajstić information content (AvgIpc) is 1.99. The van der Waals surface area contributed by atoms with Gasteiger partial charge in [0.2, 0.25) is 0 Å². The summed E-state index contributed by atoms with van der Waals surface area (Å²) in [7, 11) is 0. The largest absolute Gasteiger partial charge is 0.380 e. The molecule has 2 aliphatic rings. The Morgan fingerprint density at radius 1 is 1.29 bits per heavy atom. The van der Waals surface area contributed by atoms with Crippen molar-refractivity contribution in [3.8, 4) is 0 Å². The first-order chi connectivity index (χ1) is 6.76. The van der Waals surface area contributed by atoms with E-state index in [1.165, 1.54) is 38.8 Å². The molecule has 0 saturated carbocycles. The van der Waals surface area contributed by atoms with Gasteiger partial charge >= 0.3 is 0 Å². The maximum atomic E-state index is 5.28. The summed E-state index contributed by atoms with van der Waals surface area (Å²) in [5, 5.41) is 0. The van der Waals surface area contributed by atoms with E-state index in [0.29, 0.717) is 5.41 Å². The van der Waals surface area contributed by atoms with Gasteiger partial charge in [-0.25, -0.2) is 0 Å². The summed E-state index contributed by atoms with van der Waals surface area (Å²) >= 11 is 0. The Labute approximate surface area is 87.6 Å². The van der Waals surface area contributed by atoms with Crippen LogP contribution in [0.4, 0.5) is 0 Å². The monoisotopic (exact) mass is 197 g/mol. The van der Waals surface area contributed by atoms with Gasteiger partial charge < -0.3 is 4.74 Å². The lowest BCUT2D eigenvalue weighted by Crippen LogP contribution is -2.67. The van der Waals surface area contributed by atoms with Gasteiger partial charge in [-0.2, -0.15) is 0 Å². The highest BCUT2D eigenvalue weighted by molar-refractivity contribution is 5.00. The number of rotatable bonds is 5. The first-order valence-corrected chi connectivity index (χ1v) is 6.07. The Morgan fingerprint density at radius 3 is 2.50 bits per heavy atom. The van der Waals surface area contributed by atoms with Gasteiger partial charge in [-0.3, -0.25) is 4.90 Å². The molecule has 0 aromatic heterocycles. The summed E-state index contributed by atoms with van der Waals surface area (Å²) in [4.78, 5) is 2.62. The van der Waals surface area contributed by atoms with E-state index in [1.54, 1.807) is 0 Å².